The van der Waals surface area contributed by atoms with Gasteiger partial charge in [0.15, 0.2) is 5.96 Å². The summed E-state index contributed by atoms with van der Waals surface area (Å²) in [6.45, 7) is 1.62. The van der Waals surface area contributed by atoms with E-state index in [4.69, 9.17) is 9.73 Å². The van der Waals surface area contributed by atoms with E-state index in [0.29, 0.717) is 11.3 Å². The number of ether oxygens (including phenoxy) is 1. The van der Waals surface area contributed by atoms with E-state index in [0.717, 1.165) is 38.3 Å². The molecule has 0 radical (unpaired) electrons. The molecular formula is C24H29N3O3. The molecule has 1 heterocycles. The number of hydrogen-bond donors (Lipinski definition) is 2. The first-order valence-electron chi connectivity index (χ1n) is 10.7. The molecule has 0 unspecified atom stereocenters. The summed E-state index contributed by atoms with van der Waals surface area (Å²) in [7, 11) is 1.35. The normalized spacial score (nSPS) is 17.4. The van der Waals surface area contributed by atoms with Crippen LogP contribution in [0.4, 0.5) is 5.69 Å². The smallest absolute Gasteiger partial charge is 0.337 e. The van der Waals surface area contributed by atoms with Gasteiger partial charge in [-0.3, -0.25) is 0 Å². The highest BCUT2D eigenvalue weighted by Crippen LogP contribution is 2.28. The number of fused-ring (bicyclic) bond motifs is 1. The molecule has 2 aromatic rings. The molecule has 1 aliphatic carbocycles. The fourth-order valence-electron chi connectivity index (χ4n) is 4.25. The zero-order valence-corrected chi connectivity index (χ0v) is 17.4. The molecule has 6 nitrogen and oxygen atoms in total. The summed E-state index contributed by atoms with van der Waals surface area (Å²) in [5.41, 5.74) is 3.53. The first-order valence-corrected chi connectivity index (χ1v) is 10.7. The molecule has 0 amide bonds. The second-order valence-electron chi connectivity index (χ2n) is 8.03. The lowest BCUT2D eigenvalue weighted by Crippen LogP contribution is -2.41. The second-order valence-corrected chi connectivity index (χ2v) is 8.03. The number of hydrogen-bond acceptors (Lipinski definition) is 4. The van der Waals surface area contributed by atoms with Gasteiger partial charge in [0.2, 0.25) is 0 Å². The van der Waals surface area contributed by atoms with Crippen molar-refractivity contribution in [3.63, 3.8) is 0 Å². The van der Waals surface area contributed by atoms with E-state index in [2.05, 4.69) is 34.5 Å². The molecule has 1 aliphatic heterocycles. The minimum absolute atomic E-state index is 0.0800. The number of carbonyl (C=O) groups excluding carboxylic acids is 1. The van der Waals surface area contributed by atoms with E-state index in [-0.39, 0.29) is 11.8 Å². The van der Waals surface area contributed by atoms with Gasteiger partial charge in [-0.2, -0.15) is 0 Å². The maximum absolute atomic E-state index is 11.9. The third-order valence-electron chi connectivity index (χ3n) is 5.97. The number of nitrogens with zero attached hydrogens (tertiary/aromatic N) is 2. The lowest BCUT2D eigenvalue weighted by atomic mass is 9.96. The van der Waals surface area contributed by atoms with E-state index in [1.54, 1.807) is 12.1 Å². The Bertz CT molecular complexity index is 935. The molecule has 4 rings (SSSR count). The molecule has 2 N–H and O–H groups in total. The molecule has 6 heteroatoms. The molecule has 0 bridgehead atoms. The topological polar surface area (TPSA) is 74.2 Å². The van der Waals surface area contributed by atoms with E-state index in [9.17, 15) is 9.90 Å². The van der Waals surface area contributed by atoms with Crippen LogP contribution in [0.1, 0.15) is 53.6 Å². The van der Waals surface area contributed by atoms with Crippen LogP contribution >= 0.6 is 0 Å². The summed E-state index contributed by atoms with van der Waals surface area (Å²) in [5.74, 6) is 0.404. The predicted molar refractivity (Wildman–Crippen MR) is 118 cm³/mol. The first-order chi connectivity index (χ1) is 14.6. The van der Waals surface area contributed by atoms with Crippen LogP contribution in [0.3, 0.4) is 0 Å². The summed E-state index contributed by atoms with van der Waals surface area (Å²) >= 11 is 0. The van der Waals surface area contributed by atoms with Gasteiger partial charge in [-0.25, -0.2) is 9.79 Å². The molecule has 30 heavy (non-hydrogen) atoms. The Labute approximate surface area is 177 Å². The molecule has 0 aromatic heterocycles. The lowest BCUT2D eigenvalue weighted by Gasteiger charge is -2.33. The predicted octanol–water partition coefficient (Wildman–Crippen LogP) is 4.34. The number of phenols is 1. The summed E-state index contributed by atoms with van der Waals surface area (Å²) in [6, 6.07) is 13.5. The summed E-state index contributed by atoms with van der Waals surface area (Å²) in [6.07, 6.45) is 6.80. The maximum Gasteiger partial charge on any atom is 0.337 e. The van der Waals surface area contributed by atoms with Crippen LogP contribution in [0.2, 0.25) is 0 Å². The second kappa shape index (κ2) is 9.20. The Morgan fingerprint density at radius 2 is 1.90 bits per heavy atom. The lowest BCUT2D eigenvalue weighted by molar-refractivity contribution is 0.0601. The number of carbonyl (C=O) groups is 1. The highest BCUT2D eigenvalue weighted by molar-refractivity contribution is 5.97. The third kappa shape index (κ3) is 4.58. The van der Waals surface area contributed by atoms with Gasteiger partial charge in [0.1, 0.15) is 5.75 Å². The van der Waals surface area contributed by atoms with E-state index < -0.39 is 5.97 Å². The molecule has 158 valence electrons. The average Bonchev–Trinajstić information content (AvgIpc) is 2.79. The number of phenolic OH excluding ortho intramolecular Hbond substituents is 1. The van der Waals surface area contributed by atoms with Crippen molar-refractivity contribution in [2.75, 3.05) is 19.0 Å². The van der Waals surface area contributed by atoms with Crippen LogP contribution in [0, 0.1) is 0 Å². The van der Waals surface area contributed by atoms with Gasteiger partial charge in [0.05, 0.1) is 24.4 Å². The van der Waals surface area contributed by atoms with Crippen molar-refractivity contribution in [1.82, 2.24) is 4.90 Å². The summed E-state index contributed by atoms with van der Waals surface area (Å²) in [5, 5.41) is 13.7. The van der Waals surface area contributed by atoms with E-state index >= 15 is 0 Å². The van der Waals surface area contributed by atoms with Crippen LogP contribution in [0.15, 0.2) is 47.5 Å². The molecule has 2 aliphatic rings. The fraction of sp³-hybridized carbons (Fsp3) is 0.417. The van der Waals surface area contributed by atoms with Gasteiger partial charge in [0, 0.05) is 13.1 Å². The van der Waals surface area contributed by atoms with Crippen LogP contribution in [-0.4, -0.2) is 41.6 Å². The monoisotopic (exact) mass is 407 g/mol. The summed E-state index contributed by atoms with van der Waals surface area (Å²) in [4.78, 5) is 19.3. The van der Waals surface area contributed by atoms with E-state index in [1.807, 2.05) is 0 Å². The van der Waals surface area contributed by atoms with Crippen LogP contribution in [-0.2, 0) is 17.7 Å². The van der Waals surface area contributed by atoms with Crippen molar-refractivity contribution in [1.29, 1.82) is 0 Å². The van der Waals surface area contributed by atoms with Crippen LogP contribution in [0.5, 0.6) is 5.75 Å². The quantitative estimate of drug-likeness (QED) is 0.343. The molecule has 0 atom stereocenters. The minimum atomic E-state index is -0.435. The van der Waals surface area contributed by atoms with Gasteiger partial charge < -0.3 is 20.1 Å². The number of esters is 1. The Kier molecular flexibility index (Phi) is 6.21. The van der Waals surface area contributed by atoms with Gasteiger partial charge >= 0.3 is 5.97 Å². The van der Waals surface area contributed by atoms with Gasteiger partial charge in [-0.1, -0.05) is 43.5 Å². The molecule has 0 spiro atoms. The fourth-order valence-corrected chi connectivity index (χ4v) is 4.25. The first kappa shape index (κ1) is 20.3. The van der Waals surface area contributed by atoms with Crippen LogP contribution in [0.25, 0.3) is 0 Å². The Balaban J connectivity index is 1.63. The molecule has 2 aromatic carbocycles. The standard InChI is InChI=1S/C24H29N3O3/c1-30-23(29)18-11-12-22(28)21(15-18)26-24(25-20-9-3-2-4-10-20)27-14-13-17-7-5-6-8-19(17)16-27/h5-8,11-12,15,20,28H,2-4,9-10,13-14,16H2,1H3,(H,25,26). The molecular weight excluding hydrogens is 378 g/mol. The van der Waals surface area contributed by atoms with Crippen molar-refractivity contribution in [2.24, 2.45) is 4.99 Å². The van der Waals surface area contributed by atoms with Crippen molar-refractivity contribution in [3.05, 3.63) is 59.2 Å². The van der Waals surface area contributed by atoms with Gasteiger partial charge in [-0.05, 0) is 48.6 Å². The van der Waals surface area contributed by atoms with Crippen LogP contribution < -0.4 is 5.32 Å². The third-order valence-corrected chi connectivity index (χ3v) is 5.97. The van der Waals surface area contributed by atoms with Crippen molar-refractivity contribution >= 4 is 17.6 Å². The zero-order valence-electron chi connectivity index (χ0n) is 17.4. The Hall–Kier alpha value is -3.02. The molecule has 1 fully saturated rings. The Morgan fingerprint density at radius 3 is 2.67 bits per heavy atom. The van der Waals surface area contributed by atoms with Crippen molar-refractivity contribution in [3.8, 4) is 5.75 Å². The largest absolute Gasteiger partial charge is 0.506 e. The van der Waals surface area contributed by atoms with E-state index in [1.165, 1.54) is 43.6 Å². The van der Waals surface area contributed by atoms with Crippen molar-refractivity contribution < 1.29 is 14.6 Å². The molecule has 1 saturated carbocycles. The van der Waals surface area contributed by atoms with Gasteiger partial charge in [0.25, 0.3) is 0 Å². The number of methoxy groups -OCH3 is 1. The number of guanidine groups is 1. The summed E-state index contributed by atoms with van der Waals surface area (Å²) < 4.78 is 4.82. The SMILES string of the molecule is COC(=O)c1ccc(O)c(NC(=NC2CCCCC2)N2CCc3ccccc3C2)c1. The number of anilines is 1. The number of aromatic hydroxyl groups is 1. The number of nitrogens with one attached hydrogen (secondary N) is 1. The number of aliphatic imine (C=N–C) groups is 1. The zero-order chi connectivity index (χ0) is 20.9. The maximum atomic E-state index is 11.9. The number of rotatable bonds is 3. The van der Waals surface area contributed by atoms with Gasteiger partial charge in [-0.15, -0.1) is 0 Å². The number of benzene rings is 2. The highest BCUT2D eigenvalue weighted by Gasteiger charge is 2.22. The Morgan fingerprint density at radius 1 is 1.13 bits per heavy atom. The van der Waals surface area contributed by atoms with Crippen molar-refractivity contribution in [2.45, 2.75) is 51.1 Å². The highest BCUT2D eigenvalue weighted by atomic mass is 16.5. The molecule has 0 saturated heterocycles. The average molecular weight is 408 g/mol. The minimum Gasteiger partial charge on any atom is -0.506 e.